The molecule has 9 heteroatoms. The summed E-state index contributed by atoms with van der Waals surface area (Å²) in [5, 5.41) is 10.7. The van der Waals surface area contributed by atoms with Gasteiger partial charge in [-0.1, -0.05) is 13.8 Å². The van der Waals surface area contributed by atoms with E-state index in [0.717, 1.165) is 12.1 Å². The van der Waals surface area contributed by atoms with E-state index < -0.39 is 10.7 Å². The topological polar surface area (TPSA) is 85.6 Å². The first kappa shape index (κ1) is 20.2. The molecule has 2 heterocycles. The van der Waals surface area contributed by atoms with Gasteiger partial charge in [-0.2, -0.15) is 0 Å². The minimum atomic E-state index is -0.847. The molecule has 2 aromatic heterocycles. The van der Waals surface area contributed by atoms with Crippen LogP contribution < -0.4 is 4.74 Å². The van der Waals surface area contributed by atoms with E-state index in [4.69, 9.17) is 4.74 Å². The van der Waals surface area contributed by atoms with E-state index in [0.29, 0.717) is 20.8 Å². The number of rotatable bonds is 4. The summed E-state index contributed by atoms with van der Waals surface area (Å²) in [5.74, 6) is -0.844. The second-order valence-electron chi connectivity index (χ2n) is 5.31. The van der Waals surface area contributed by atoms with Crippen LogP contribution in [0.1, 0.15) is 23.5 Å². The Hall–Kier alpha value is -3.07. The molecule has 0 N–H and O–H groups in total. The number of non-ortho nitro benzene ring substituents is 1. The van der Waals surface area contributed by atoms with Crippen molar-refractivity contribution in [3.63, 3.8) is 0 Å². The molecule has 0 atom stereocenters. The number of hydrogen-bond acceptors (Lipinski definition) is 6. The van der Waals surface area contributed by atoms with Crippen molar-refractivity contribution >= 4 is 33.1 Å². The number of amides is 1. The molecule has 0 saturated carbocycles. The molecule has 1 aromatic carbocycles. The number of nitro groups is 1. The molecule has 0 unspecified atom stereocenters. The molecule has 0 radical (unpaired) electrons. The maximum absolute atomic E-state index is 14.0. The van der Waals surface area contributed by atoms with Gasteiger partial charge in [-0.3, -0.25) is 19.9 Å². The first-order valence-corrected chi connectivity index (χ1v) is 8.90. The van der Waals surface area contributed by atoms with E-state index in [1.807, 2.05) is 13.8 Å². The van der Waals surface area contributed by atoms with Crippen LogP contribution in [0.15, 0.2) is 36.5 Å². The lowest BCUT2D eigenvalue weighted by molar-refractivity contribution is -0.385. The summed E-state index contributed by atoms with van der Waals surface area (Å²) in [4.78, 5) is 28.2. The fourth-order valence-electron chi connectivity index (χ4n) is 2.13. The number of halogens is 1. The minimum absolute atomic E-state index is 0.146. The molecule has 0 aliphatic heterocycles. The predicted octanol–water partition coefficient (Wildman–Crippen LogP) is 4.86. The fraction of sp³-hybridized carbons (Fsp3) is 0.222. The van der Waals surface area contributed by atoms with E-state index in [-0.39, 0.29) is 17.3 Å². The van der Waals surface area contributed by atoms with Crippen molar-refractivity contribution in [2.24, 2.45) is 0 Å². The number of nitrogens with zero attached hydrogens (tertiary/aromatic N) is 3. The number of carbonyl (C=O) groups excluding carboxylic acids is 1. The van der Waals surface area contributed by atoms with Gasteiger partial charge in [-0.25, -0.2) is 4.39 Å². The molecule has 0 spiro atoms. The third kappa shape index (κ3) is 4.37. The SMILES string of the molecule is CC.CN(C)C(=O)c1cc2nccc(Oc3ccc([N+](=O)[O-])cc3F)c2s1. The highest BCUT2D eigenvalue weighted by atomic mass is 32.1. The molecule has 142 valence electrons. The number of ether oxygens (including phenoxy) is 1. The molecule has 27 heavy (non-hydrogen) atoms. The Morgan fingerprint density at radius 3 is 2.52 bits per heavy atom. The quantitative estimate of drug-likeness (QED) is 0.468. The Balaban J connectivity index is 0.00000126. The summed E-state index contributed by atoms with van der Waals surface area (Å²) in [6, 6.07) is 6.33. The van der Waals surface area contributed by atoms with Gasteiger partial charge in [0.25, 0.3) is 11.6 Å². The van der Waals surface area contributed by atoms with Crippen molar-refractivity contribution in [3.05, 3.63) is 57.3 Å². The number of benzene rings is 1. The molecule has 3 aromatic rings. The lowest BCUT2D eigenvalue weighted by atomic mass is 10.3. The van der Waals surface area contributed by atoms with Gasteiger partial charge >= 0.3 is 0 Å². The zero-order chi connectivity index (χ0) is 20.1. The minimum Gasteiger partial charge on any atom is -0.453 e. The van der Waals surface area contributed by atoms with Crippen molar-refractivity contribution < 1.29 is 18.8 Å². The average molecular weight is 391 g/mol. The number of aromatic nitrogens is 1. The van der Waals surface area contributed by atoms with Crippen LogP contribution in [-0.4, -0.2) is 34.8 Å². The van der Waals surface area contributed by atoms with Gasteiger partial charge in [0.2, 0.25) is 0 Å². The highest BCUT2D eigenvalue weighted by molar-refractivity contribution is 7.21. The first-order valence-electron chi connectivity index (χ1n) is 8.09. The van der Waals surface area contributed by atoms with Gasteiger partial charge in [0, 0.05) is 32.4 Å². The van der Waals surface area contributed by atoms with E-state index >= 15 is 0 Å². The zero-order valence-electron chi connectivity index (χ0n) is 15.2. The summed E-state index contributed by atoms with van der Waals surface area (Å²) >= 11 is 1.18. The molecular weight excluding hydrogens is 373 g/mol. The van der Waals surface area contributed by atoms with Crippen LogP contribution in [-0.2, 0) is 0 Å². The normalized spacial score (nSPS) is 10.1. The highest BCUT2D eigenvalue weighted by Crippen LogP contribution is 2.36. The van der Waals surface area contributed by atoms with Crippen LogP contribution >= 0.6 is 11.3 Å². The Labute approximate surface area is 159 Å². The van der Waals surface area contributed by atoms with Gasteiger partial charge in [0.15, 0.2) is 11.6 Å². The standard InChI is InChI=1S/C16H12FN3O4S.C2H6/c1-19(2)16(21)14-8-11-15(25-14)13(5-6-18-11)24-12-4-3-9(20(22)23)7-10(12)17;1-2/h3-8H,1-2H3;1-2H3. The molecule has 0 aliphatic carbocycles. The molecule has 0 saturated heterocycles. The number of pyridine rings is 1. The van der Waals surface area contributed by atoms with Crippen LogP contribution in [0.2, 0.25) is 0 Å². The summed E-state index contributed by atoms with van der Waals surface area (Å²) in [6.45, 7) is 4.00. The summed E-state index contributed by atoms with van der Waals surface area (Å²) in [6.07, 6.45) is 1.48. The summed E-state index contributed by atoms with van der Waals surface area (Å²) in [7, 11) is 3.29. The van der Waals surface area contributed by atoms with Crippen molar-refractivity contribution in [2.75, 3.05) is 14.1 Å². The molecule has 7 nitrogen and oxygen atoms in total. The number of fused-ring (bicyclic) bond motifs is 1. The van der Waals surface area contributed by atoms with Crippen LogP contribution in [0, 0.1) is 15.9 Å². The average Bonchev–Trinajstić information content (AvgIpc) is 3.09. The second-order valence-corrected chi connectivity index (χ2v) is 6.36. The van der Waals surface area contributed by atoms with Crippen LogP contribution in [0.25, 0.3) is 10.2 Å². The van der Waals surface area contributed by atoms with Gasteiger partial charge in [-0.05, 0) is 12.1 Å². The van der Waals surface area contributed by atoms with Gasteiger partial charge in [0.1, 0.15) is 5.75 Å². The Morgan fingerprint density at radius 1 is 1.22 bits per heavy atom. The van der Waals surface area contributed by atoms with Gasteiger partial charge in [0.05, 0.1) is 26.1 Å². The van der Waals surface area contributed by atoms with E-state index in [9.17, 15) is 19.3 Å². The number of nitro benzene ring substituents is 1. The molecule has 1 amide bonds. The Morgan fingerprint density at radius 2 is 1.93 bits per heavy atom. The Bertz CT molecular complexity index is 988. The third-order valence-corrected chi connectivity index (χ3v) is 4.47. The summed E-state index contributed by atoms with van der Waals surface area (Å²) in [5.41, 5.74) is 0.190. The number of thiophene rings is 1. The molecule has 0 aliphatic rings. The predicted molar refractivity (Wildman–Crippen MR) is 102 cm³/mol. The van der Waals surface area contributed by atoms with Crippen LogP contribution in [0.4, 0.5) is 10.1 Å². The van der Waals surface area contributed by atoms with Crippen LogP contribution in [0.3, 0.4) is 0 Å². The molecular formula is C18H18FN3O4S. The van der Waals surface area contributed by atoms with Crippen molar-refractivity contribution in [3.8, 4) is 11.5 Å². The molecule has 0 bridgehead atoms. The van der Waals surface area contributed by atoms with E-state index in [2.05, 4.69) is 4.98 Å². The van der Waals surface area contributed by atoms with Gasteiger partial charge in [-0.15, -0.1) is 11.3 Å². The highest BCUT2D eigenvalue weighted by Gasteiger charge is 2.17. The fourth-order valence-corrected chi connectivity index (χ4v) is 3.21. The van der Waals surface area contributed by atoms with Crippen molar-refractivity contribution in [1.29, 1.82) is 0 Å². The number of carbonyl (C=O) groups is 1. The van der Waals surface area contributed by atoms with E-state index in [1.165, 1.54) is 28.5 Å². The lowest BCUT2D eigenvalue weighted by Crippen LogP contribution is -2.20. The molecule has 0 fully saturated rings. The van der Waals surface area contributed by atoms with E-state index in [1.54, 1.807) is 26.2 Å². The second kappa shape index (κ2) is 8.54. The molecule has 3 rings (SSSR count). The van der Waals surface area contributed by atoms with Gasteiger partial charge < -0.3 is 9.64 Å². The van der Waals surface area contributed by atoms with Crippen molar-refractivity contribution in [1.82, 2.24) is 9.88 Å². The Kier molecular flexibility index (Phi) is 6.40. The summed E-state index contributed by atoms with van der Waals surface area (Å²) < 4.78 is 20.2. The van der Waals surface area contributed by atoms with Crippen molar-refractivity contribution in [2.45, 2.75) is 13.8 Å². The smallest absolute Gasteiger partial charge is 0.272 e. The third-order valence-electron chi connectivity index (χ3n) is 3.34. The number of hydrogen-bond donors (Lipinski definition) is 0. The van der Waals surface area contributed by atoms with Crippen LogP contribution in [0.5, 0.6) is 11.5 Å². The first-order chi connectivity index (χ1) is 12.9. The largest absolute Gasteiger partial charge is 0.453 e. The lowest BCUT2D eigenvalue weighted by Gasteiger charge is -2.07. The monoisotopic (exact) mass is 391 g/mol. The maximum Gasteiger partial charge on any atom is 0.272 e. The maximum atomic E-state index is 14.0. The zero-order valence-corrected chi connectivity index (χ0v) is 16.0.